The number of esters is 1. The van der Waals surface area contributed by atoms with Crippen LogP contribution in [0.2, 0.25) is 0 Å². The van der Waals surface area contributed by atoms with Crippen molar-refractivity contribution in [1.29, 1.82) is 0 Å². The maximum atomic E-state index is 11.8. The summed E-state index contributed by atoms with van der Waals surface area (Å²) in [5.74, 6) is -0.388. The minimum atomic E-state index is -1.12. The second-order valence-electron chi connectivity index (χ2n) is 6.27. The van der Waals surface area contributed by atoms with E-state index in [2.05, 4.69) is 5.32 Å². The Morgan fingerprint density at radius 3 is 2.72 bits per heavy atom. The van der Waals surface area contributed by atoms with Gasteiger partial charge in [-0.25, -0.2) is 9.59 Å². The van der Waals surface area contributed by atoms with Gasteiger partial charge in [-0.2, -0.15) is 0 Å². The van der Waals surface area contributed by atoms with E-state index >= 15 is 0 Å². The predicted octanol–water partition coefficient (Wildman–Crippen LogP) is 1.17. The van der Waals surface area contributed by atoms with Gasteiger partial charge in [0.15, 0.2) is 24.2 Å². The summed E-state index contributed by atoms with van der Waals surface area (Å²) < 4.78 is 16.3. The molecule has 0 bridgehead atoms. The molecule has 2 rings (SSSR count). The third kappa shape index (κ3) is 4.85. The van der Waals surface area contributed by atoms with Crippen LogP contribution in [0.15, 0.2) is 18.2 Å². The second-order valence-corrected chi connectivity index (χ2v) is 6.27. The summed E-state index contributed by atoms with van der Waals surface area (Å²) in [4.78, 5) is 34.5. The van der Waals surface area contributed by atoms with Gasteiger partial charge in [-0.05, 0) is 26.8 Å². The van der Waals surface area contributed by atoms with Gasteiger partial charge in [0.2, 0.25) is 0 Å². The number of hydrogen-bond donors (Lipinski definition) is 2. The van der Waals surface area contributed by atoms with Gasteiger partial charge in [-0.15, -0.1) is 0 Å². The maximum absolute atomic E-state index is 11.8. The fourth-order valence-corrected chi connectivity index (χ4v) is 2.40. The van der Waals surface area contributed by atoms with Gasteiger partial charge in [-0.3, -0.25) is 10.1 Å². The van der Waals surface area contributed by atoms with E-state index in [-0.39, 0.29) is 12.2 Å². The summed E-state index contributed by atoms with van der Waals surface area (Å²) in [6.45, 7) is 4.93. The van der Waals surface area contributed by atoms with E-state index in [0.717, 1.165) is 12.0 Å². The number of rotatable bonds is 5. The molecule has 0 radical (unpaired) electrons. The quantitative estimate of drug-likeness (QED) is 0.773. The number of fused-ring (bicyclic) bond motifs is 1. The molecule has 0 fully saturated rings. The molecule has 8 heteroatoms. The lowest BCUT2D eigenvalue weighted by Gasteiger charge is -2.18. The summed E-state index contributed by atoms with van der Waals surface area (Å²) in [7, 11) is 1.37. The number of imide groups is 1. The van der Waals surface area contributed by atoms with Gasteiger partial charge >= 0.3 is 12.0 Å². The van der Waals surface area contributed by atoms with E-state index in [0.29, 0.717) is 11.5 Å². The van der Waals surface area contributed by atoms with E-state index in [1.54, 1.807) is 6.07 Å². The fourth-order valence-electron chi connectivity index (χ4n) is 2.40. The highest BCUT2D eigenvalue weighted by Gasteiger charge is 2.32. The highest BCUT2D eigenvalue weighted by Crippen LogP contribution is 2.41. The van der Waals surface area contributed by atoms with Crippen molar-refractivity contribution < 1.29 is 28.6 Å². The summed E-state index contributed by atoms with van der Waals surface area (Å²) in [6, 6.07) is 4.79. The third-order valence-corrected chi connectivity index (χ3v) is 3.54. The number of carbonyl (C=O) groups excluding carboxylic acids is 3. The van der Waals surface area contributed by atoms with Crippen LogP contribution in [0.4, 0.5) is 4.79 Å². The molecule has 3 amide bonds. The lowest BCUT2D eigenvalue weighted by Crippen LogP contribution is -2.43. The highest BCUT2D eigenvalue weighted by molar-refractivity contribution is 5.97. The molecule has 0 aliphatic carbocycles. The molecular formula is C17H22N2O6. The Hall–Kier alpha value is -2.77. The predicted molar refractivity (Wildman–Crippen MR) is 88.5 cm³/mol. The second kappa shape index (κ2) is 7.42. The highest BCUT2D eigenvalue weighted by atomic mass is 16.6. The minimum absolute atomic E-state index is 0.325. The van der Waals surface area contributed by atoms with Crippen LogP contribution < -0.4 is 20.1 Å². The van der Waals surface area contributed by atoms with E-state index in [1.165, 1.54) is 14.0 Å². The lowest BCUT2D eigenvalue weighted by molar-refractivity contribution is -0.156. The van der Waals surface area contributed by atoms with Crippen molar-refractivity contribution in [2.24, 2.45) is 0 Å². The first-order chi connectivity index (χ1) is 11.7. The largest absolute Gasteiger partial charge is 0.483 e. The van der Waals surface area contributed by atoms with Gasteiger partial charge in [-0.1, -0.05) is 12.1 Å². The normalized spacial score (nSPS) is 15.4. The number of benzene rings is 1. The van der Waals surface area contributed by atoms with Crippen LogP contribution in [0.25, 0.3) is 0 Å². The molecule has 0 unspecified atom stereocenters. The van der Waals surface area contributed by atoms with Gasteiger partial charge < -0.3 is 19.5 Å². The maximum Gasteiger partial charge on any atom is 0.344 e. The Balaban J connectivity index is 1.88. The van der Waals surface area contributed by atoms with Gasteiger partial charge in [0.25, 0.3) is 5.91 Å². The molecule has 0 saturated carbocycles. The Kier molecular flexibility index (Phi) is 5.51. The Labute approximate surface area is 145 Å². The van der Waals surface area contributed by atoms with Crippen LogP contribution in [-0.2, 0) is 20.7 Å². The fraction of sp³-hybridized carbons (Fsp3) is 0.471. The number of hydrogen-bond acceptors (Lipinski definition) is 6. The Morgan fingerprint density at radius 1 is 1.32 bits per heavy atom. The summed E-state index contributed by atoms with van der Waals surface area (Å²) in [5.41, 5.74) is 0.684. The van der Waals surface area contributed by atoms with E-state index in [9.17, 15) is 14.4 Å². The zero-order valence-corrected chi connectivity index (χ0v) is 14.7. The molecule has 0 saturated heterocycles. The summed E-state index contributed by atoms with van der Waals surface area (Å²) in [5, 5.41) is 4.26. The number of carbonyl (C=O) groups is 3. The first-order valence-electron chi connectivity index (χ1n) is 7.87. The van der Waals surface area contributed by atoms with Crippen molar-refractivity contribution in [3.63, 3.8) is 0 Å². The molecule has 0 spiro atoms. The smallest absolute Gasteiger partial charge is 0.344 e. The molecule has 0 aromatic heterocycles. The standard InChI is InChI=1S/C17H22N2O6/c1-10(15(21)19-16(22)18-4)24-13(20)9-23-12-7-5-6-11-8-17(2,3)25-14(11)12/h5-7,10H,8-9H2,1-4H3,(H2,18,19,21,22)/t10-/m1/s1. The molecule has 1 aromatic rings. The number of para-hydroxylation sites is 1. The Morgan fingerprint density at radius 2 is 2.04 bits per heavy atom. The van der Waals surface area contributed by atoms with Crippen LogP contribution >= 0.6 is 0 Å². The molecule has 8 nitrogen and oxygen atoms in total. The van der Waals surface area contributed by atoms with Crippen LogP contribution in [0.5, 0.6) is 11.5 Å². The SMILES string of the molecule is CNC(=O)NC(=O)[C@@H](C)OC(=O)COc1cccc2c1OC(C)(C)C2. The molecule has 2 N–H and O–H groups in total. The zero-order chi connectivity index (χ0) is 18.6. The zero-order valence-electron chi connectivity index (χ0n) is 14.7. The van der Waals surface area contributed by atoms with Crippen molar-refractivity contribution in [2.45, 2.75) is 38.9 Å². The van der Waals surface area contributed by atoms with Gasteiger partial charge in [0, 0.05) is 19.0 Å². The average Bonchev–Trinajstić information content (AvgIpc) is 2.86. The first kappa shape index (κ1) is 18.6. The number of ether oxygens (including phenoxy) is 3. The Bertz CT molecular complexity index is 686. The topological polar surface area (TPSA) is 103 Å². The molecule has 136 valence electrons. The van der Waals surface area contributed by atoms with Crippen molar-refractivity contribution in [3.8, 4) is 11.5 Å². The number of amides is 3. The summed E-state index contributed by atoms with van der Waals surface area (Å²) >= 11 is 0. The number of urea groups is 1. The van der Waals surface area contributed by atoms with Gasteiger partial charge in [0.05, 0.1) is 0 Å². The van der Waals surface area contributed by atoms with E-state index in [4.69, 9.17) is 14.2 Å². The molecule has 1 atom stereocenters. The molecule has 1 aliphatic rings. The molecule has 1 heterocycles. The van der Waals surface area contributed by atoms with Gasteiger partial charge in [0.1, 0.15) is 5.60 Å². The third-order valence-electron chi connectivity index (χ3n) is 3.54. The van der Waals surface area contributed by atoms with Crippen LogP contribution in [0.3, 0.4) is 0 Å². The van der Waals surface area contributed by atoms with Crippen molar-refractivity contribution in [3.05, 3.63) is 23.8 Å². The molecule has 1 aromatic carbocycles. The van der Waals surface area contributed by atoms with Crippen LogP contribution in [0, 0.1) is 0 Å². The average molecular weight is 350 g/mol. The van der Waals surface area contributed by atoms with Crippen molar-refractivity contribution in [2.75, 3.05) is 13.7 Å². The van der Waals surface area contributed by atoms with Crippen molar-refractivity contribution >= 4 is 17.9 Å². The summed E-state index contributed by atoms with van der Waals surface area (Å²) in [6.07, 6.45) is -0.370. The van der Waals surface area contributed by atoms with Crippen LogP contribution in [0.1, 0.15) is 26.3 Å². The number of nitrogens with one attached hydrogen (secondary N) is 2. The monoisotopic (exact) mass is 350 g/mol. The van der Waals surface area contributed by atoms with E-state index in [1.807, 2.05) is 31.3 Å². The first-order valence-corrected chi connectivity index (χ1v) is 7.87. The molecule has 1 aliphatic heterocycles. The van der Waals surface area contributed by atoms with Crippen LogP contribution in [-0.4, -0.2) is 43.3 Å². The lowest BCUT2D eigenvalue weighted by atomic mass is 10.0. The minimum Gasteiger partial charge on any atom is -0.483 e. The van der Waals surface area contributed by atoms with E-state index < -0.39 is 24.0 Å². The molecule has 25 heavy (non-hydrogen) atoms. The molecular weight excluding hydrogens is 328 g/mol. The van der Waals surface area contributed by atoms with Crippen molar-refractivity contribution in [1.82, 2.24) is 10.6 Å².